The van der Waals surface area contributed by atoms with Crippen molar-refractivity contribution in [3.05, 3.63) is 39.8 Å². The first-order valence-electron chi connectivity index (χ1n) is 7.26. The lowest BCUT2D eigenvalue weighted by Crippen LogP contribution is -2.26. The van der Waals surface area contributed by atoms with Crippen molar-refractivity contribution in [2.24, 2.45) is 0 Å². The van der Waals surface area contributed by atoms with E-state index in [-0.39, 0.29) is 5.91 Å². The van der Waals surface area contributed by atoms with Gasteiger partial charge in [-0.1, -0.05) is 6.42 Å². The number of carbonyl (C=O) groups is 1. The Hall–Kier alpha value is -1.88. The molecule has 2 heterocycles. The summed E-state index contributed by atoms with van der Waals surface area (Å²) in [6.45, 7) is 0. The zero-order chi connectivity index (χ0) is 14.8. The van der Waals surface area contributed by atoms with Crippen LogP contribution in [0.15, 0.2) is 24.5 Å². The van der Waals surface area contributed by atoms with Gasteiger partial charge in [0.05, 0.1) is 22.4 Å². The number of hydrogen-bond acceptors (Lipinski definition) is 4. The third-order valence-electron chi connectivity index (χ3n) is 3.95. The molecule has 0 saturated carbocycles. The van der Waals surface area contributed by atoms with Crippen LogP contribution < -0.4 is 10.6 Å². The van der Waals surface area contributed by atoms with Crippen LogP contribution >= 0.6 is 11.3 Å². The van der Waals surface area contributed by atoms with E-state index >= 15 is 0 Å². The third-order valence-corrected chi connectivity index (χ3v) is 5.18. The Labute approximate surface area is 128 Å². The van der Waals surface area contributed by atoms with Crippen molar-refractivity contribution in [3.63, 3.8) is 0 Å². The summed E-state index contributed by atoms with van der Waals surface area (Å²) in [6, 6.07) is 3.84. The van der Waals surface area contributed by atoms with Crippen LogP contribution in [0.1, 0.15) is 39.4 Å². The molecule has 110 valence electrons. The van der Waals surface area contributed by atoms with E-state index in [1.54, 1.807) is 41.7 Å². The Bertz CT molecular complexity index is 642. The SMILES string of the molecule is CN(C(=O)c1cc2c(s1)CCCCC2)c1ccncc1N. The number of rotatable bonds is 2. The van der Waals surface area contributed by atoms with Gasteiger partial charge in [0.1, 0.15) is 0 Å². The molecule has 0 unspecified atom stereocenters. The lowest BCUT2D eigenvalue weighted by atomic mass is 10.1. The molecule has 0 radical (unpaired) electrons. The van der Waals surface area contributed by atoms with E-state index in [0.29, 0.717) is 11.4 Å². The fraction of sp³-hybridized carbons (Fsp3) is 0.375. The number of hydrogen-bond donors (Lipinski definition) is 1. The molecule has 0 aliphatic heterocycles. The van der Waals surface area contributed by atoms with Crippen molar-refractivity contribution in [1.82, 2.24) is 4.98 Å². The zero-order valence-electron chi connectivity index (χ0n) is 12.1. The molecule has 0 fully saturated rings. The Morgan fingerprint density at radius 3 is 2.95 bits per heavy atom. The highest BCUT2D eigenvalue weighted by atomic mass is 32.1. The van der Waals surface area contributed by atoms with Crippen LogP contribution in [0.25, 0.3) is 0 Å². The van der Waals surface area contributed by atoms with E-state index in [1.807, 2.05) is 0 Å². The van der Waals surface area contributed by atoms with Gasteiger partial charge in [0.15, 0.2) is 0 Å². The molecule has 2 N–H and O–H groups in total. The molecule has 1 amide bonds. The molecule has 0 saturated heterocycles. The smallest absolute Gasteiger partial charge is 0.268 e. The number of aryl methyl sites for hydroxylation is 2. The molecule has 1 aliphatic rings. The Kier molecular flexibility index (Phi) is 3.92. The molecular weight excluding hydrogens is 282 g/mol. The molecule has 5 heteroatoms. The number of pyridine rings is 1. The average molecular weight is 301 g/mol. The summed E-state index contributed by atoms with van der Waals surface area (Å²) in [5.41, 5.74) is 8.49. The number of fused-ring (bicyclic) bond motifs is 1. The normalized spacial score (nSPS) is 14.3. The van der Waals surface area contributed by atoms with Crippen molar-refractivity contribution >= 4 is 28.6 Å². The first-order chi connectivity index (χ1) is 10.2. The summed E-state index contributed by atoms with van der Waals surface area (Å²) in [7, 11) is 1.76. The molecule has 0 bridgehead atoms. The van der Waals surface area contributed by atoms with E-state index in [0.717, 1.165) is 17.7 Å². The molecule has 1 aliphatic carbocycles. The van der Waals surface area contributed by atoms with Crippen LogP contribution in [0.5, 0.6) is 0 Å². The van der Waals surface area contributed by atoms with Gasteiger partial charge < -0.3 is 10.6 Å². The number of amides is 1. The van der Waals surface area contributed by atoms with Gasteiger partial charge in [-0.15, -0.1) is 11.3 Å². The molecule has 0 spiro atoms. The molecule has 0 atom stereocenters. The monoisotopic (exact) mass is 301 g/mol. The summed E-state index contributed by atoms with van der Waals surface area (Å²) in [4.78, 5) is 20.4. The molecule has 2 aromatic rings. The Balaban J connectivity index is 1.87. The number of anilines is 2. The highest BCUT2D eigenvalue weighted by molar-refractivity contribution is 7.14. The van der Waals surface area contributed by atoms with Crippen molar-refractivity contribution in [2.45, 2.75) is 32.1 Å². The maximum absolute atomic E-state index is 12.7. The minimum Gasteiger partial charge on any atom is -0.396 e. The maximum Gasteiger partial charge on any atom is 0.268 e. The highest BCUT2D eigenvalue weighted by Crippen LogP contribution is 2.31. The fourth-order valence-corrected chi connectivity index (χ4v) is 3.98. The standard InChI is InChI=1S/C16H19N3OS/c1-19(13-7-8-18-10-12(13)17)16(20)15-9-11-5-3-2-4-6-14(11)21-15/h7-10H,2-6,17H2,1H3. The maximum atomic E-state index is 12.7. The number of aromatic nitrogens is 1. The van der Waals surface area contributed by atoms with Gasteiger partial charge in [-0.25, -0.2) is 0 Å². The first-order valence-corrected chi connectivity index (χ1v) is 8.07. The van der Waals surface area contributed by atoms with Gasteiger partial charge in [-0.05, 0) is 43.4 Å². The second-order valence-corrected chi connectivity index (χ2v) is 6.56. The Morgan fingerprint density at radius 1 is 1.33 bits per heavy atom. The van der Waals surface area contributed by atoms with Crippen molar-refractivity contribution in [2.75, 3.05) is 17.7 Å². The van der Waals surface area contributed by atoms with Gasteiger partial charge in [0.2, 0.25) is 0 Å². The van der Waals surface area contributed by atoms with Gasteiger partial charge >= 0.3 is 0 Å². The van der Waals surface area contributed by atoms with Crippen LogP contribution in [-0.4, -0.2) is 17.9 Å². The number of thiophene rings is 1. The second-order valence-electron chi connectivity index (χ2n) is 5.42. The fourth-order valence-electron chi connectivity index (χ4n) is 2.75. The second kappa shape index (κ2) is 5.85. The zero-order valence-corrected chi connectivity index (χ0v) is 12.9. The highest BCUT2D eigenvalue weighted by Gasteiger charge is 2.20. The van der Waals surface area contributed by atoms with Gasteiger partial charge in [0.25, 0.3) is 5.91 Å². The van der Waals surface area contributed by atoms with Gasteiger partial charge in [0, 0.05) is 18.1 Å². The summed E-state index contributed by atoms with van der Waals surface area (Å²) >= 11 is 1.64. The topological polar surface area (TPSA) is 59.2 Å². The predicted octanol–water partition coefficient (Wildman–Crippen LogP) is 3.27. The van der Waals surface area contributed by atoms with Gasteiger partial charge in [-0.3, -0.25) is 9.78 Å². The molecule has 0 aromatic carbocycles. The quantitative estimate of drug-likeness (QED) is 0.866. The minimum atomic E-state index is 0.00553. The van der Waals surface area contributed by atoms with Crippen LogP contribution in [0.3, 0.4) is 0 Å². The minimum absolute atomic E-state index is 0.00553. The average Bonchev–Trinajstić information content (AvgIpc) is 2.77. The molecule has 21 heavy (non-hydrogen) atoms. The number of carbonyl (C=O) groups excluding carboxylic acids is 1. The largest absolute Gasteiger partial charge is 0.396 e. The number of nitrogens with zero attached hydrogens (tertiary/aromatic N) is 2. The van der Waals surface area contributed by atoms with Crippen LogP contribution in [0.4, 0.5) is 11.4 Å². The van der Waals surface area contributed by atoms with E-state index in [4.69, 9.17) is 5.73 Å². The van der Waals surface area contributed by atoms with Crippen LogP contribution in [-0.2, 0) is 12.8 Å². The number of nitrogens with two attached hydrogens (primary N) is 1. The van der Waals surface area contributed by atoms with E-state index in [2.05, 4.69) is 11.1 Å². The summed E-state index contributed by atoms with van der Waals surface area (Å²) < 4.78 is 0. The van der Waals surface area contributed by atoms with Crippen LogP contribution in [0.2, 0.25) is 0 Å². The van der Waals surface area contributed by atoms with Crippen molar-refractivity contribution in [1.29, 1.82) is 0 Å². The predicted molar refractivity (Wildman–Crippen MR) is 87.0 cm³/mol. The van der Waals surface area contributed by atoms with E-state index in [1.165, 1.54) is 29.7 Å². The lowest BCUT2D eigenvalue weighted by Gasteiger charge is -2.17. The van der Waals surface area contributed by atoms with Crippen LogP contribution in [0, 0.1) is 0 Å². The van der Waals surface area contributed by atoms with E-state index in [9.17, 15) is 4.79 Å². The molecule has 2 aromatic heterocycles. The summed E-state index contributed by atoms with van der Waals surface area (Å²) in [5, 5.41) is 0. The van der Waals surface area contributed by atoms with Gasteiger partial charge in [-0.2, -0.15) is 0 Å². The van der Waals surface area contributed by atoms with E-state index < -0.39 is 0 Å². The molecular formula is C16H19N3OS. The summed E-state index contributed by atoms with van der Waals surface area (Å²) in [5.74, 6) is 0.00553. The first kappa shape index (κ1) is 14.1. The van der Waals surface area contributed by atoms with Crippen molar-refractivity contribution < 1.29 is 4.79 Å². The lowest BCUT2D eigenvalue weighted by molar-refractivity contribution is 0.0997. The third kappa shape index (κ3) is 2.78. The summed E-state index contributed by atoms with van der Waals surface area (Å²) in [6.07, 6.45) is 9.17. The molecule has 4 nitrogen and oxygen atoms in total. The Morgan fingerprint density at radius 2 is 2.14 bits per heavy atom. The molecule has 3 rings (SSSR count). The van der Waals surface area contributed by atoms with Crippen molar-refractivity contribution in [3.8, 4) is 0 Å². The number of nitrogen functional groups attached to an aromatic ring is 1.